The first-order valence-electron chi connectivity index (χ1n) is 6.14. The number of nitrogens with two attached hydrogens (primary N) is 1. The summed E-state index contributed by atoms with van der Waals surface area (Å²) in [6.07, 6.45) is -4.70. The first-order valence-corrected chi connectivity index (χ1v) is 6.14. The molecule has 0 unspecified atom stereocenters. The molecule has 2 rings (SSSR count). The summed E-state index contributed by atoms with van der Waals surface area (Å²) < 4.78 is 50.7. The zero-order valence-electron chi connectivity index (χ0n) is 10.6. The van der Waals surface area contributed by atoms with Gasteiger partial charge in [-0.15, -0.1) is 0 Å². The van der Waals surface area contributed by atoms with Crippen LogP contribution in [-0.4, -0.2) is 30.1 Å². The number of hydrogen-bond acceptors (Lipinski definition) is 2. The average Bonchev–Trinajstić information content (AvgIpc) is 2.38. The van der Waals surface area contributed by atoms with Crippen LogP contribution in [0.2, 0.25) is 0 Å². The van der Waals surface area contributed by atoms with Gasteiger partial charge in [-0.05, 0) is 18.9 Å². The molecule has 1 saturated heterocycles. The number of piperidine rings is 1. The van der Waals surface area contributed by atoms with E-state index in [1.165, 1.54) is 18.2 Å². The summed E-state index contributed by atoms with van der Waals surface area (Å²) in [6, 6.07) is 5.93. The summed E-state index contributed by atoms with van der Waals surface area (Å²) in [5, 5.41) is 0. The van der Waals surface area contributed by atoms with E-state index in [1.54, 1.807) is 6.07 Å². The predicted molar refractivity (Wildman–Crippen MR) is 64.1 cm³/mol. The van der Waals surface area contributed by atoms with Gasteiger partial charge in [0, 0.05) is 24.2 Å². The van der Waals surface area contributed by atoms with Crippen LogP contribution in [0.3, 0.4) is 0 Å². The zero-order chi connectivity index (χ0) is 15.0. The van der Waals surface area contributed by atoms with E-state index < -0.39 is 23.4 Å². The lowest BCUT2D eigenvalue weighted by molar-refractivity contribution is -0.187. The molecule has 1 aliphatic heterocycles. The molecular formula is C13H14F4N2O. The summed E-state index contributed by atoms with van der Waals surface area (Å²) >= 11 is 0. The molecule has 0 bridgehead atoms. The molecule has 1 aliphatic rings. The van der Waals surface area contributed by atoms with Gasteiger partial charge in [-0.25, -0.2) is 4.39 Å². The Balaban J connectivity index is 2.11. The van der Waals surface area contributed by atoms with Crippen LogP contribution < -0.4 is 5.73 Å². The second-order valence-corrected chi connectivity index (χ2v) is 4.93. The Morgan fingerprint density at radius 1 is 1.20 bits per heavy atom. The van der Waals surface area contributed by atoms with E-state index in [-0.39, 0.29) is 31.5 Å². The molecule has 0 aromatic heterocycles. The highest BCUT2D eigenvalue weighted by atomic mass is 19.4. The molecule has 2 N–H and O–H groups in total. The highest BCUT2D eigenvalue weighted by Gasteiger charge is 2.45. The Morgan fingerprint density at radius 2 is 1.75 bits per heavy atom. The molecule has 7 heteroatoms. The molecule has 1 heterocycles. The zero-order valence-corrected chi connectivity index (χ0v) is 10.6. The van der Waals surface area contributed by atoms with Crippen LogP contribution in [0.5, 0.6) is 0 Å². The van der Waals surface area contributed by atoms with Crippen molar-refractivity contribution < 1.29 is 22.4 Å². The normalized spacial score (nSPS) is 18.9. The molecule has 0 aliphatic carbocycles. The molecule has 0 atom stereocenters. The van der Waals surface area contributed by atoms with Gasteiger partial charge < -0.3 is 10.6 Å². The van der Waals surface area contributed by atoms with E-state index in [9.17, 15) is 22.4 Å². The Bertz CT molecular complexity index is 507. The van der Waals surface area contributed by atoms with E-state index in [2.05, 4.69) is 0 Å². The van der Waals surface area contributed by atoms with E-state index >= 15 is 0 Å². The molecule has 20 heavy (non-hydrogen) atoms. The van der Waals surface area contributed by atoms with Crippen molar-refractivity contribution in [3.8, 4) is 0 Å². The molecule has 1 aromatic rings. The van der Waals surface area contributed by atoms with Gasteiger partial charge in [-0.2, -0.15) is 13.2 Å². The van der Waals surface area contributed by atoms with E-state index in [4.69, 9.17) is 5.73 Å². The number of benzene rings is 1. The van der Waals surface area contributed by atoms with Gasteiger partial charge in [-0.1, -0.05) is 18.2 Å². The van der Waals surface area contributed by atoms with Gasteiger partial charge in [0.05, 0.1) is 0 Å². The maximum Gasteiger partial charge on any atom is 0.471 e. The minimum Gasteiger partial charge on any atom is -0.335 e. The van der Waals surface area contributed by atoms with Gasteiger partial charge in [0.25, 0.3) is 0 Å². The lowest BCUT2D eigenvalue weighted by Crippen LogP contribution is -2.52. The summed E-state index contributed by atoms with van der Waals surface area (Å²) in [7, 11) is 0. The van der Waals surface area contributed by atoms with Crippen LogP contribution in [0.25, 0.3) is 0 Å². The number of alkyl halides is 3. The van der Waals surface area contributed by atoms with E-state index in [1.807, 2.05) is 0 Å². The Labute approximate surface area is 113 Å². The topological polar surface area (TPSA) is 46.3 Å². The van der Waals surface area contributed by atoms with E-state index in [0.29, 0.717) is 4.90 Å². The van der Waals surface area contributed by atoms with Gasteiger partial charge in [0.1, 0.15) is 5.82 Å². The largest absolute Gasteiger partial charge is 0.471 e. The van der Waals surface area contributed by atoms with Crippen molar-refractivity contribution >= 4 is 5.91 Å². The summed E-state index contributed by atoms with van der Waals surface area (Å²) in [5.74, 6) is -2.35. The minimum atomic E-state index is -4.88. The number of hydrogen-bond donors (Lipinski definition) is 1. The lowest BCUT2D eigenvalue weighted by Gasteiger charge is -2.39. The fourth-order valence-electron chi connectivity index (χ4n) is 2.42. The highest BCUT2D eigenvalue weighted by molar-refractivity contribution is 5.82. The van der Waals surface area contributed by atoms with Crippen molar-refractivity contribution in [2.24, 2.45) is 5.73 Å². The second kappa shape index (κ2) is 5.05. The van der Waals surface area contributed by atoms with Crippen molar-refractivity contribution in [2.75, 3.05) is 13.1 Å². The van der Waals surface area contributed by atoms with Crippen molar-refractivity contribution in [1.29, 1.82) is 0 Å². The summed E-state index contributed by atoms with van der Waals surface area (Å²) in [4.78, 5) is 11.8. The average molecular weight is 290 g/mol. The SMILES string of the molecule is NC1(c2ccccc2F)CCN(C(=O)C(F)(F)F)CC1. The highest BCUT2D eigenvalue weighted by Crippen LogP contribution is 2.33. The Kier molecular flexibility index (Phi) is 3.73. The number of carbonyl (C=O) groups excluding carboxylic acids is 1. The second-order valence-electron chi connectivity index (χ2n) is 4.93. The van der Waals surface area contributed by atoms with Crippen molar-refractivity contribution in [3.63, 3.8) is 0 Å². The molecule has 0 radical (unpaired) electrons. The first-order chi connectivity index (χ1) is 9.24. The molecule has 3 nitrogen and oxygen atoms in total. The molecule has 0 saturated carbocycles. The molecular weight excluding hydrogens is 276 g/mol. The predicted octanol–water partition coefficient (Wildman–Crippen LogP) is 2.16. The van der Waals surface area contributed by atoms with E-state index in [0.717, 1.165) is 0 Å². The Morgan fingerprint density at radius 3 is 2.25 bits per heavy atom. The monoisotopic (exact) mass is 290 g/mol. The van der Waals surface area contributed by atoms with Crippen LogP contribution in [-0.2, 0) is 10.3 Å². The number of carbonyl (C=O) groups is 1. The van der Waals surface area contributed by atoms with Gasteiger partial charge in [0.15, 0.2) is 0 Å². The third kappa shape index (κ3) is 2.77. The molecule has 1 aromatic carbocycles. The maximum atomic E-state index is 13.7. The van der Waals surface area contributed by atoms with Crippen molar-refractivity contribution in [2.45, 2.75) is 24.6 Å². The first kappa shape index (κ1) is 14.8. The standard InChI is InChI=1S/C13H14F4N2O/c14-10-4-2-1-3-9(10)12(18)5-7-19(8-6-12)11(20)13(15,16)17/h1-4H,5-8,18H2. The summed E-state index contributed by atoms with van der Waals surface area (Å²) in [6.45, 7) is -0.271. The van der Waals surface area contributed by atoms with Crippen LogP contribution >= 0.6 is 0 Å². The number of halogens is 4. The van der Waals surface area contributed by atoms with Crippen LogP contribution in [0.15, 0.2) is 24.3 Å². The fourth-order valence-corrected chi connectivity index (χ4v) is 2.42. The third-order valence-electron chi connectivity index (χ3n) is 3.60. The van der Waals surface area contributed by atoms with Gasteiger partial charge in [-0.3, -0.25) is 4.79 Å². The number of amides is 1. The molecule has 1 fully saturated rings. The summed E-state index contributed by atoms with van der Waals surface area (Å²) in [5.41, 5.74) is 5.34. The van der Waals surface area contributed by atoms with Crippen LogP contribution in [0.4, 0.5) is 17.6 Å². The smallest absolute Gasteiger partial charge is 0.335 e. The van der Waals surface area contributed by atoms with Crippen LogP contribution in [0, 0.1) is 5.82 Å². The quantitative estimate of drug-likeness (QED) is 0.806. The van der Waals surface area contributed by atoms with Crippen molar-refractivity contribution in [1.82, 2.24) is 4.90 Å². The molecule has 0 spiro atoms. The van der Waals surface area contributed by atoms with Gasteiger partial charge in [0.2, 0.25) is 0 Å². The van der Waals surface area contributed by atoms with Gasteiger partial charge >= 0.3 is 12.1 Å². The number of likely N-dealkylation sites (tertiary alicyclic amines) is 1. The fraction of sp³-hybridized carbons (Fsp3) is 0.462. The number of nitrogens with zero attached hydrogens (tertiary/aromatic N) is 1. The van der Waals surface area contributed by atoms with Crippen LogP contribution in [0.1, 0.15) is 18.4 Å². The molecule has 1 amide bonds. The number of rotatable bonds is 1. The lowest BCUT2D eigenvalue weighted by atomic mass is 9.81. The van der Waals surface area contributed by atoms with Crippen molar-refractivity contribution in [3.05, 3.63) is 35.6 Å². The molecule has 110 valence electrons. The Hall–Kier alpha value is -1.63. The third-order valence-corrected chi connectivity index (χ3v) is 3.60. The maximum absolute atomic E-state index is 13.7. The minimum absolute atomic E-state index is 0.0930.